The molecular weight excluding hydrogens is 294 g/mol. The summed E-state index contributed by atoms with van der Waals surface area (Å²) in [6.45, 7) is 5.56. The van der Waals surface area contributed by atoms with Crippen LogP contribution in [0.5, 0.6) is 0 Å². The summed E-state index contributed by atoms with van der Waals surface area (Å²) in [5, 5.41) is 0. The molecule has 0 saturated carbocycles. The van der Waals surface area contributed by atoms with Gasteiger partial charge in [-0.2, -0.15) is 0 Å². The molecule has 0 saturated heterocycles. The zero-order chi connectivity index (χ0) is 13.8. The van der Waals surface area contributed by atoms with Crippen molar-refractivity contribution in [3.05, 3.63) is 34.3 Å². The molecular formula is C14H20BrNO2. The minimum Gasteiger partial charge on any atom is -0.460 e. The molecule has 0 amide bonds. The molecule has 3 nitrogen and oxygen atoms in total. The van der Waals surface area contributed by atoms with E-state index in [1.165, 1.54) is 0 Å². The number of esters is 1. The van der Waals surface area contributed by atoms with Gasteiger partial charge in [-0.15, -0.1) is 0 Å². The minimum atomic E-state index is -0.450. The zero-order valence-electron chi connectivity index (χ0n) is 11.1. The Hall–Kier alpha value is -0.870. The van der Waals surface area contributed by atoms with Gasteiger partial charge in [-0.25, -0.2) is 0 Å². The highest BCUT2D eigenvalue weighted by molar-refractivity contribution is 9.10. The van der Waals surface area contributed by atoms with Crippen LogP contribution in [-0.2, 0) is 16.0 Å². The molecule has 2 N–H and O–H groups in total. The summed E-state index contributed by atoms with van der Waals surface area (Å²) in [6, 6.07) is 7.73. The Balaban J connectivity index is 2.44. The van der Waals surface area contributed by atoms with Crippen molar-refractivity contribution in [1.82, 2.24) is 0 Å². The first kappa shape index (κ1) is 15.2. The third-order valence-corrected chi connectivity index (χ3v) is 2.79. The van der Waals surface area contributed by atoms with E-state index in [-0.39, 0.29) is 18.4 Å². The summed E-state index contributed by atoms with van der Waals surface area (Å²) in [7, 11) is 0. The Morgan fingerprint density at radius 2 is 1.89 bits per heavy atom. The first-order chi connectivity index (χ1) is 8.26. The average molecular weight is 314 g/mol. The average Bonchev–Trinajstić information content (AvgIpc) is 2.18. The first-order valence-electron chi connectivity index (χ1n) is 5.98. The summed E-state index contributed by atoms with van der Waals surface area (Å²) in [4.78, 5) is 11.6. The maximum absolute atomic E-state index is 11.6. The summed E-state index contributed by atoms with van der Waals surface area (Å²) in [6.07, 6.45) is 0.917. The lowest BCUT2D eigenvalue weighted by Gasteiger charge is -2.21. The molecule has 1 aromatic carbocycles. The number of ether oxygens (including phenoxy) is 1. The first-order valence-corrected chi connectivity index (χ1v) is 6.77. The van der Waals surface area contributed by atoms with E-state index in [0.717, 1.165) is 10.0 Å². The molecule has 0 spiro atoms. The fraction of sp³-hybridized carbons (Fsp3) is 0.500. The van der Waals surface area contributed by atoms with Crippen LogP contribution in [0, 0.1) is 0 Å². The molecule has 0 aliphatic rings. The van der Waals surface area contributed by atoms with Crippen LogP contribution in [0.4, 0.5) is 0 Å². The summed E-state index contributed by atoms with van der Waals surface area (Å²) in [5.74, 6) is -0.243. The van der Waals surface area contributed by atoms with E-state index in [9.17, 15) is 4.79 Å². The second-order valence-electron chi connectivity index (χ2n) is 5.38. The fourth-order valence-corrected chi connectivity index (χ4v) is 1.86. The SMILES string of the molecule is CC(C)(C)OC(=O)C[C@@H](N)Cc1ccc(Br)cc1. The number of halogens is 1. The molecule has 0 heterocycles. The molecule has 0 aliphatic carbocycles. The van der Waals surface area contributed by atoms with Gasteiger partial charge in [0.1, 0.15) is 5.60 Å². The van der Waals surface area contributed by atoms with Crippen LogP contribution in [0.25, 0.3) is 0 Å². The Morgan fingerprint density at radius 3 is 2.39 bits per heavy atom. The van der Waals surface area contributed by atoms with Gasteiger partial charge < -0.3 is 10.5 Å². The maximum atomic E-state index is 11.6. The van der Waals surface area contributed by atoms with Crippen LogP contribution in [-0.4, -0.2) is 17.6 Å². The predicted octanol–water partition coefficient (Wildman–Crippen LogP) is 3.05. The van der Waals surface area contributed by atoms with Gasteiger partial charge in [0.2, 0.25) is 0 Å². The van der Waals surface area contributed by atoms with Crippen molar-refractivity contribution in [1.29, 1.82) is 0 Å². The van der Waals surface area contributed by atoms with E-state index in [2.05, 4.69) is 15.9 Å². The van der Waals surface area contributed by atoms with Crippen molar-refractivity contribution < 1.29 is 9.53 Å². The third-order valence-electron chi connectivity index (χ3n) is 2.26. The van der Waals surface area contributed by atoms with Gasteiger partial charge in [0.05, 0.1) is 6.42 Å². The van der Waals surface area contributed by atoms with E-state index in [4.69, 9.17) is 10.5 Å². The normalized spacial score (nSPS) is 13.2. The molecule has 0 fully saturated rings. The van der Waals surface area contributed by atoms with Crippen LogP contribution < -0.4 is 5.73 Å². The molecule has 0 bridgehead atoms. The largest absolute Gasteiger partial charge is 0.460 e. The standard InChI is InChI=1S/C14H20BrNO2/c1-14(2,3)18-13(17)9-12(16)8-10-4-6-11(15)7-5-10/h4-7,12H,8-9,16H2,1-3H3/t12-/m0/s1. The second kappa shape index (κ2) is 6.34. The van der Waals surface area contributed by atoms with Crippen LogP contribution in [0.3, 0.4) is 0 Å². The smallest absolute Gasteiger partial charge is 0.307 e. The highest BCUT2D eigenvalue weighted by atomic mass is 79.9. The van der Waals surface area contributed by atoms with Crippen molar-refractivity contribution in [3.8, 4) is 0 Å². The van der Waals surface area contributed by atoms with Crippen LogP contribution in [0.1, 0.15) is 32.8 Å². The van der Waals surface area contributed by atoms with Crippen LogP contribution >= 0.6 is 15.9 Å². The number of rotatable bonds is 4. The van der Waals surface area contributed by atoms with Gasteiger partial charge in [-0.1, -0.05) is 28.1 Å². The highest BCUT2D eigenvalue weighted by Gasteiger charge is 2.18. The van der Waals surface area contributed by atoms with E-state index in [1.807, 2.05) is 45.0 Å². The quantitative estimate of drug-likeness (QED) is 0.869. The molecule has 1 aromatic rings. The number of hydrogen-bond acceptors (Lipinski definition) is 3. The number of carbonyl (C=O) groups is 1. The van der Waals surface area contributed by atoms with E-state index in [0.29, 0.717) is 6.42 Å². The van der Waals surface area contributed by atoms with E-state index in [1.54, 1.807) is 0 Å². The Labute approximate surface area is 117 Å². The monoisotopic (exact) mass is 313 g/mol. The lowest BCUT2D eigenvalue weighted by molar-refractivity contribution is -0.155. The molecule has 0 radical (unpaired) electrons. The lowest BCUT2D eigenvalue weighted by Crippen LogP contribution is -2.31. The number of hydrogen-bond donors (Lipinski definition) is 1. The third kappa shape index (κ3) is 6.17. The van der Waals surface area contributed by atoms with Gasteiger partial charge >= 0.3 is 5.97 Å². The van der Waals surface area contributed by atoms with Crippen molar-refractivity contribution in [3.63, 3.8) is 0 Å². The van der Waals surface area contributed by atoms with Crippen molar-refractivity contribution in [2.24, 2.45) is 5.73 Å². The molecule has 1 atom stereocenters. The molecule has 1 rings (SSSR count). The van der Waals surface area contributed by atoms with Gasteiger partial charge in [0.15, 0.2) is 0 Å². The minimum absolute atomic E-state index is 0.207. The number of nitrogens with two attached hydrogens (primary N) is 1. The summed E-state index contributed by atoms with van der Waals surface area (Å²) < 4.78 is 6.27. The number of carbonyl (C=O) groups excluding carboxylic acids is 1. The van der Waals surface area contributed by atoms with Gasteiger partial charge in [0, 0.05) is 10.5 Å². The Kier molecular flexibility index (Phi) is 5.35. The topological polar surface area (TPSA) is 52.3 Å². The van der Waals surface area contributed by atoms with Gasteiger partial charge in [0.25, 0.3) is 0 Å². The molecule has 100 valence electrons. The lowest BCUT2D eigenvalue weighted by atomic mass is 10.0. The summed E-state index contributed by atoms with van der Waals surface area (Å²) in [5.41, 5.74) is 6.62. The summed E-state index contributed by atoms with van der Waals surface area (Å²) >= 11 is 3.38. The molecule has 0 unspecified atom stereocenters. The molecule has 0 aromatic heterocycles. The van der Waals surface area contributed by atoms with Crippen molar-refractivity contribution in [2.75, 3.05) is 0 Å². The predicted molar refractivity (Wildman–Crippen MR) is 76.3 cm³/mol. The number of benzene rings is 1. The molecule has 0 aliphatic heterocycles. The zero-order valence-corrected chi connectivity index (χ0v) is 12.7. The molecule has 4 heteroatoms. The van der Waals surface area contributed by atoms with Gasteiger partial charge in [-0.3, -0.25) is 4.79 Å². The molecule has 18 heavy (non-hydrogen) atoms. The maximum Gasteiger partial charge on any atom is 0.307 e. The second-order valence-corrected chi connectivity index (χ2v) is 6.30. The van der Waals surface area contributed by atoms with E-state index < -0.39 is 5.60 Å². The van der Waals surface area contributed by atoms with Crippen LogP contribution in [0.15, 0.2) is 28.7 Å². The van der Waals surface area contributed by atoms with E-state index >= 15 is 0 Å². The van der Waals surface area contributed by atoms with Gasteiger partial charge in [-0.05, 0) is 44.9 Å². The van der Waals surface area contributed by atoms with Crippen molar-refractivity contribution in [2.45, 2.75) is 45.3 Å². The highest BCUT2D eigenvalue weighted by Crippen LogP contribution is 2.13. The van der Waals surface area contributed by atoms with Crippen molar-refractivity contribution >= 4 is 21.9 Å². The Morgan fingerprint density at radius 1 is 1.33 bits per heavy atom. The fourth-order valence-electron chi connectivity index (χ4n) is 1.59. The Bertz CT molecular complexity index is 395. The van der Waals surface area contributed by atoms with Crippen LogP contribution in [0.2, 0.25) is 0 Å².